The van der Waals surface area contributed by atoms with Crippen molar-refractivity contribution >= 4 is 11.6 Å². The third kappa shape index (κ3) is 4.68. The molecule has 1 N–H and O–H groups in total. The monoisotopic (exact) mass is 433 g/mol. The number of halogens is 1. The molecule has 0 bridgehead atoms. The molecule has 4 rings (SSSR count). The molecule has 1 saturated heterocycles. The van der Waals surface area contributed by atoms with Gasteiger partial charge in [0.05, 0.1) is 5.41 Å². The van der Waals surface area contributed by atoms with Crippen molar-refractivity contribution in [1.29, 1.82) is 0 Å². The van der Waals surface area contributed by atoms with Crippen molar-refractivity contribution in [3.8, 4) is 5.75 Å². The van der Waals surface area contributed by atoms with E-state index in [0.29, 0.717) is 32.7 Å². The van der Waals surface area contributed by atoms with E-state index >= 15 is 0 Å². The van der Waals surface area contributed by atoms with Gasteiger partial charge in [0.1, 0.15) is 18.2 Å². The van der Waals surface area contributed by atoms with Crippen LogP contribution in [-0.2, 0) is 21.6 Å². The molecule has 0 aromatic heterocycles. The molecule has 166 valence electrons. The Labute approximate surface area is 188 Å². The highest BCUT2D eigenvalue weighted by atomic mass is 19.1. The lowest BCUT2D eigenvalue weighted by molar-refractivity contribution is -0.125. The Kier molecular flexibility index (Phi) is 6.56. The fraction of sp³-hybridized carbons (Fsp3) is 0.296. The quantitative estimate of drug-likeness (QED) is 0.542. The predicted octanol–water partition coefficient (Wildman–Crippen LogP) is 5.71. The predicted molar refractivity (Wildman–Crippen MR) is 123 cm³/mol. The molecule has 32 heavy (non-hydrogen) atoms. The first-order valence-electron chi connectivity index (χ1n) is 10.9. The third-order valence-electron chi connectivity index (χ3n) is 6.12. The molecule has 3 aromatic rings. The molecule has 1 aliphatic heterocycles. The number of rotatable bonds is 6. The van der Waals surface area contributed by atoms with Crippen LogP contribution in [0, 0.1) is 19.7 Å². The minimum Gasteiger partial charge on any atom is -0.488 e. The van der Waals surface area contributed by atoms with Gasteiger partial charge in [-0.2, -0.15) is 0 Å². The summed E-state index contributed by atoms with van der Waals surface area (Å²) in [5.74, 6) is 0.420. The minimum absolute atomic E-state index is 0.0934. The zero-order valence-electron chi connectivity index (χ0n) is 18.5. The number of hydrogen-bond donors (Lipinski definition) is 1. The van der Waals surface area contributed by atoms with E-state index < -0.39 is 5.41 Å². The molecule has 0 unspecified atom stereocenters. The van der Waals surface area contributed by atoms with Gasteiger partial charge in [0, 0.05) is 18.9 Å². The highest BCUT2D eigenvalue weighted by Gasteiger charge is 2.41. The van der Waals surface area contributed by atoms with Gasteiger partial charge in [0.2, 0.25) is 5.91 Å². The first-order chi connectivity index (χ1) is 15.5. The van der Waals surface area contributed by atoms with Gasteiger partial charge in [0.25, 0.3) is 0 Å². The van der Waals surface area contributed by atoms with Gasteiger partial charge >= 0.3 is 0 Å². The highest BCUT2D eigenvalue weighted by molar-refractivity contribution is 5.99. The normalized spacial score (nSPS) is 15.2. The first-order valence-corrected chi connectivity index (χ1v) is 10.9. The molecule has 0 spiro atoms. The third-order valence-corrected chi connectivity index (χ3v) is 6.12. The van der Waals surface area contributed by atoms with Gasteiger partial charge in [0.15, 0.2) is 0 Å². The van der Waals surface area contributed by atoms with E-state index in [1.54, 1.807) is 12.1 Å². The maximum Gasteiger partial charge on any atom is 0.235 e. The number of aryl methyl sites for hydroxylation is 2. The van der Waals surface area contributed by atoms with Crippen molar-refractivity contribution in [2.75, 3.05) is 18.5 Å². The Bertz CT molecular complexity index is 1050. The molecular formula is C27H28FNO3. The summed E-state index contributed by atoms with van der Waals surface area (Å²) in [6.45, 7) is 5.44. The van der Waals surface area contributed by atoms with E-state index in [4.69, 9.17) is 9.47 Å². The van der Waals surface area contributed by atoms with Crippen LogP contribution in [-0.4, -0.2) is 19.1 Å². The van der Waals surface area contributed by atoms with Gasteiger partial charge in [-0.05, 0) is 73.2 Å². The Hall–Kier alpha value is -3.18. The molecular weight excluding hydrogens is 405 g/mol. The smallest absolute Gasteiger partial charge is 0.235 e. The second kappa shape index (κ2) is 9.53. The van der Waals surface area contributed by atoms with Gasteiger partial charge in [-0.15, -0.1) is 0 Å². The summed E-state index contributed by atoms with van der Waals surface area (Å²) in [6, 6.07) is 20.1. The second-order valence-electron chi connectivity index (χ2n) is 8.37. The highest BCUT2D eigenvalue weighted by Crippen LogP contribution is 2.37. The fourth-order valence-electron chi connectivity index (χ4n) is 4.37. The summed E-state index contributed by atoms with van der Waals surface area (Å²) in [5, 5.41) is 3.10. The molecule has 1 heterocycles. The lowest BCUT2D eigenvalue weighted by atomic mass is 9.73. The van der Waals surface area contributed by atoms with E-state index in [-0.39, 0.29) is 11.7 Å². The second-order valence-corrected chi connectivity index (χ2v) is 8.37. The number of amides is 1. The number of carbonyl (C=O) groups is 1. The number of hydrogen-bond acceptors (Lipinski definition) is 3. The Balaban J connectivity index is 1.54. The Morgan fingerprint density at radius 1 is 1.00 bits per heavy atom. The van der Waals surface area contributed by atoms with Crippen molar-refractivity contribution < 1.29 is 18.7 Å². The molecule has 5 heteroatoms. The largest absolute Gasteiger partial charge is 0.488 e. The topological polar surface area (TPSA) is 47.6 Å². The van der Waals surface area contributed by atoms with Crippen molar-refractivity contribution in [3.05, 3.63) is 94.8 Å². The Morgan fingerprint density at radius 2 is 1.62 bits per heavy atom. The summed E-state index contributed by atoms with van der Waals surface area (Å²) < 4.78 is 25.1. The maximum atomic E-state index is 13.5. The molecule has 3 aromatic carbocycles. The van der Waals surface area contributed by atoms with Crippen LogP contribution in [0.3, 0.4) is 0 Å². The van der Waals surface area contributed by atoms with E-state index in [2.05, 4.69) is 5.32 Å². The van der Waals surface area contributed by atoms with Crippen molar-refractivity contribution in [2.24, 2.45) is 0 Å². The van der Waals surface area contributed by atoms with Gasteiger partial charge in [-0.1, -0.05) is 42.5 Å². The molecule has 0 atom stereocenters. The lowest BCUT2D eigenvalue weighted by Crippen LogP contribution is -2.44. The molecule has 4 nitrogen and oxygen atoms in total. The van der Waals surface area contributed by atoms with E-state index in [1.807, 2.05) is 56.3 Å². The van der Waals surface area contributed by atoms with E-state index in [0.717, 1.165) is 33.7 Å². The molecule has 0 saturated carbocycles. The van der Waals surface area contributed by atoms with Crippen molar-refractivity contribution in [1.82, 2.24) is 0 Å². The van der Waals surface area contributed by atoms with Crippen LogP contribution in [0.5, 0.6) is 5.75 Å². The molecule has 1 fully saturated rings. The Morgan fingerprint density at radius 3 is 2.25 bits per heavy atom. The molecule has 0 radical (unpaired) electrons. The van der Waals surface area contributed by atoms with Gasteiger partial charge in [-0.25, -0.2) is 4.39 Å². The van der Waals surface area contributed by atoms with Crippen LogP contribution in [0.4, 0.5) is 10.1 Å². The SMILES string of the molecule is Cc1cc(NC(=O)C2(c3ccc(F)cc3)CCOCC2)cc(C)c1OCc1ccccc1. The zero-order valence-corrected chi connectivity index (χ0v) is 18.5. The number of nitrogens with one attached hydrogen (secondary N) is 1. The summed E-state index contributed by atoms with van der Waals surface area (Å²) >= 11 is 0. The number of benzene rings is 3. The maximum absolute atomic E-state index is 13.5. The summed E-state index contributed by atoms with van der Waals surface area (Å²) in [5.41, 5.74) is 3.82. The minimum atomic E-state index is -0.740. The molecule has 1 amide bonds. The standard InChI is InChI=1S/C27H28FNO3/c1-19-16-24(17-20(2)25(19)32-18-21-6-4-3-5-7-21)29-26(30)27(12-14-31-15-13-27)22-8-10-23(28)11-9-22/h3-11,16-17H,12-15,18H2,1-2H3,(H,29,30). The first kappa shape index (κ1) is 22.0. The average molecular weight is 434 g/mol. The average Bonchev–Trinajstić information content (AvgIpc) is 2.80. The van der Waals surface area contributed by atoms with Crippen molar-refractivity contribution in [3.63, 3.8) is 0 Å². The fourth-order valence-corrected chi connectivity index (χ4v) is 4.37. The van der Waals surface area contributed by atoms with Crippen LogP contribution >= 0.6 is 0 Å². The zero-order chi connectivity index (χ0) is 22.6. The lowest BCUT2D eigenvalue weighted by Gasteiger charge is -2.36. The number of anilines is 1. The summed E-state index contributed by atoms with van der Waals surface area (Å²) in [4.78, 5) is 13.5. The summed E-state index contributed by atoms with van der Waals surface area (Å²) in [6.07, 6.45) is 1.11. The van der Waals surface area contributed by atoms with E-state index in [9.17, 15) is 9.18 Å². The molecule has 1 aliphatic rings. The van der Waals surface area contributed by atoms with Crippen molar-refractivity contribution in [2.45, 2.75) is 38.7 Å². The van der Waals surface area contributed by atoms with Crippen LogP contribution in [0.25, 0.3) is 0 Å². The van der Waals surface area contributed by atoms with Crippen LogP contribution in [0.1, 0.15) is 35.1 Å². The van der Waals surface area contributed by atoms with E-state index in [1.165, 1.54) is 12.1 Å². The number of carbonyl (C=O) groups excluding carboxylic acids is 1. The summed E-state index contributed by atoms with van der Waals surface area (Å²) in [7, 11) is 0. The van der Waals surface area contributed by atoms with Crippen LogP contribution in [0.15, 0.2) is 66.7 Å². The molecule has 0 aliphatic carbocycles. The van der Waals surface area contributed by atoms with Gasteiger partial charge < -0.3 is 14.8 Å². The number of ether oxygens (including phenoxy) is 2. The van der Waals surface area contributed by atoms with Gasteiger partial charge in [-0.3, -0.25) is 4.79 Å². The van der Waals surface area contributed by atoms with Crippen LogP contribution < -0.4 is 10.1 Å². The van der Waals surface area contributed by atoms with Crippen LogP contribution in [0.2, 0.25) is 0 Å².